The number of ether oxygens (including phenoxy) is 2. The van der Waals surface area contributed by atoms with Gasteiger partial charge in [0.05, 0.1) is 26.3 Å². The molecular formula is C21H19N3O6. The number of esters is 1. The summed E-state index contributed by atoms with van der Waals surface area (Å²) in [7, 11) is 2.79. The van der Waals surface area contributed by atoms with Crippen LogP contribution in [0.4, 0.5) is 4.79 Å². The molecule has 2 aromatic carbocycles. The number of carbonyl (C=O) groups is 4. The van der Waals surface area contributed by atoms with Gasteiger partial charge in [-0.2, -0.15) is 0 Å². The number of amides is 4. The number of methoxy groups -OCH3 is 2. The van der Waals surface area contributed by atoms with Crippen LogP contribution in [0.25, 0.3) is 0 Å². The first-order valence-electron chi connectivity index (χ1n) is 9.16. The van der Waals surface area contributed by atoms with Crippen LogP contribution in [0.15, 0.2) is 42.5 Å². The summed E-state index contributed by atoms with van der Waals surface area (Å²) >= 11 is 0. The Kier molecular flexibility index (Phi) is 4.65. The monoisotopic (exact) mass is 409 g/mol. The van der Waals surface area contributed by atoms with E-state index in [0.29, 0.717) is 29.0 Å². The molecule has 2 N–H and O–H groups in total. The molecule has 0 saturated carbocycles. The molecule has 154 valence electrons. The second kappa shape index (κ2) is 7.18. The Morgan fingerprint density at radius 3 is 2.43 bits per heavy atom. The Bertz CT molecular complexity index is 1060. The van der Waals surface area contributed by atoms with Crippen LogP contribution in [0.2, 0.25) is 0 Å². The summed E-state index contributed by atoms with van der Waals surface area (Å²) in [6.45, 7) is 0.223. The van der Waals surface area contributed by atoms with Crippen LogP contribution < -0.4 is 15.4 Å². The summed E-state index contributed by atoms with van der Waals surface area (Å²) in [5, 5.41) is 4.90. The number of urea groups is 1. The minimum absolute atomic E-state index is 0.0715. The smallest absolute Gasteiger partial charge is 0.337 e. The molecular weight excluding hydrogens is 390 g/mol. The van der Waals surface area contributed by atoms with E-state index in [2.05, 4.69) is 10.6 Å². The summed E-state index contributed by atoms with van der Waals surface area (Å²) in [4.78, 5) is 51.0. The van der Waals surface area contributed by atoms with Gasteiger partial charge in [0.2, 0.25) is 0 Å². The Labute approximate surface area is 171 Å². The van der Waals surface area contributed by atoms with Crippen molar-refractivity contribution in [3.05, 3.63) is 64.7 Å². The van der Waals surface area contributed by atoms with E-state index in [9.17, 15) is 19.2 Å². The molecule has 9 heteroatoms. The maximum absolute atomic E-state index is 13.0. The number of rotatable bonds is 5. The van der Waals surface area contributed by atoms with Gasteiger partial charge in [0.25, 0.3) is 11.8 Å². The Morgan fingerprint density at radius 1 is 1.10 bits per heavy atom. The van der Waals surface area contributed by atoms with Gasteiger partial charge in [0.1, 0.15) is 5.75 Å². The zero-order chi connectivity index (χ0) is 21.5. The highest BCUT2D eigenvalue weighted by molar-refractivity contribution is 6.08. The summed E-state index contributed by atoms with van der Waals surface area (Å²) in [5.41, 5.74) is 0.572. The van der Waals surface area contributed by atoms with E-state index < -0.39 is 23.4 Å². The third-order valence-electron chi connectivity index (χ3n) is 5.36. The number of hydrogen-bond donors (Lipinski definition) is 2. The number of nitrogens with zero attached hydrogens (tertiary/aromatic N) is 1. The molecule has 0 bridgehead atoms. The maximum Gasteiger partial charge on any atom is 0.337 e. The van der Waals surface area contributed by atoms with E-state index in [1.165, 1.54) is 31.3 Å². The lowest BCUT2D eigenvalue weighted by atomic mass is 9.88. The van der Waals surface area contributed by atoms with Crippen molar-refractivity contribution in [1.82, 2.24) is 15.5 Å². The van der Waals surface area contributed by atoms with Gasteiger partial charge in [0.15, 0.2) is 5.54 Å². The van der Waals surface area contributed by atoms with Crippen LogP contribution in [-0.4, -0.2) is 49.5 Å². The molecule has 0 aromatic heterocycles. The normalized spacial score (nSPS) is 19.9. The van der Waals surface area contributed by atoms with Crippen molar-refractivity contribution >= 4 is 23.8 Å². The predicted octanol–water partition coefficient (Wildman–Crippen LogP) is 1.17. The first-order valence-corrected chi connectivity index (χ1v) is 9.16. The number of fused-ring (bicyclic) bond motifs is 1. The molecule has 0 spiro atoms. The average molecular weight is 409 g/mol. The van der Waals surface area contributed by atoms with Crippen LogP contribution >= 0.6 is 0 Å². The van der Waals surface area contributed by atoms with Crippen molar-refractivity contribution in [2.45, 2.75) is 12.1 Å². The molecule has 2 aromatic rings. The molecule has 2 heterocycles. The topological polar surface area (TPSA) is 114 Å². The maximum atomic E-state index is 13.0. The fourth-order valence-electron chi connectivity index (χ4n) is 3.79. The molecule has 9 nitrogen and oxygen atoms in total. The molecule has 0 radical (unpaired) electrons. The minimum Gasteiger partial charge on any atom is -0.497 e. The number of nitrogens with one attached hydrogen (secondary N) is 2. The van der Waals surface area contributed by atoms with Gasteiger partial charge in [-0.1, -0.05) is 18.2 Å². The number of carbonyl (C=O) groups excluding carboxylic acids is 4. The molecule has 2 aliphatic heterocycles. The second-order valence-electron chi connectivity index (χ2n) is 7.07. The summed E-state index contributed by atoms with van der Waals surface area (Å²) in [5.74, 6) is -0.790. The van der Waals surface area contributed by atoms with Crippen molar-refractivity contribution in [1.29, 1.82) is 0 Å². The fourth-order valence-corrected chi connectivity index (χ4v) is 3.79. The largest absolute Gasteiger partial charge is 0.497 e. The van der Waals surface area contributed by atoms with Gasteiger partial charge in [-0.3, -0.25) is 14.9 Å². The molecule has 1 fully saturated rings. The first kappa shape index (κ1) is 19.4. The molecule has 1 saturated heterocycles. The summed E-state index contributed by atoms with van der Waals surface area (Å²) in [6.07, 6.45) is 0. The molecule has 4 amide bonds. The van der Waals surface area contributed by atoms with Crippen molar-refractivity contribution in [2.75, 3.05) is 20.8 Å². The highest BCUT2D eigenvalue weighted by Gasteiger charge is 2.50. The second-order valence-corrected chi connectivity index (χ2v) is 7.07. The van der Waals surface area contributed by atoms with Gasteiger partial charge in [-0.05, 0) is 35.4 Å². The van der Waals surface area contributed by atoms with Crippen molar-refractivity contribution < 1.29 is 28.7 Å². The van der Waals surface area contributed by atoms with Gasteiger partial charge in [-0.15, -0.1) is 0 Å². The van der Waals surface area contributed by atoms with E-state index >= 15 is 0 Å². The van der Waals surface area contributed by atoms with Gasteiger partial charge >= 0.3 is 12.0 Å². The lowest BCUT2D eigenvalue weighted by Crippen LogP contribution is -2.52. The molecule has 1 atom stereocenters. The Hall–Kier alpha value is -3.88. The molecule has 4 rings (SSSR count). The zero-order valence-electron chi connectivity index (χ0n) is 16.4. The number of imide groups is 1. The quantitative estimate of drug-likeness (QED) is 0.566. The predicted molar refractivity (Wildman–Crippen MR) is 104 cm³/mol. The van der Waals surface area contributed by atoms with Gasteiger partial charge in [-0.25, -0.2) is 9.59 Å². The summed E-state index contributed by atoms with van der Waals surface area (Å²) < 4.78 is 9.88. The first-order chi connectivity index (χ1) is 14.4. The minimum atomic E-state index is -1.48. The van der Waals surface area contributed by atoms with Crippen LogP contribution in [0.3, 0.4) is 0 Å². The lowest BCUT2D eigenvalue weighted by Gasteiger charge is -2.31. The van der Waals surface area contributed by atoms with Gasteiger partial charge in [0, 0.05) is 12.1 Å². The highest BCUT2D eigenvalue weighted by Crippen LogP contribution is 2.32. The molecule has 2 aliphatic rings. The van der Waals surface area contributed by atoms with E-state index in [-0.39, 0.29) is 12.5 Å². The zero-order valence-corrected chi connectivity index (χ0v) is 16.4. The van der Waals surface area contributed by atoms with Crippen molar-refractivity contribution in [3.8, 4) is 5.75 Å². The van der Waals surface area contributed by atoms with E-state index in [1.54, 1.807) is 30.3 Å². The van der Waals surface area contributed by atoms with Crippen molar-refractivity contribution in [2.24, 2.45) is 0 Å². The van der Waals surface area contributed by atoms with Crippen LogP contribution in [0.5, 0.6) is 5.75 Å². The summed E-state index contributed by atoms with van der Waals surface area (Å²) in [6, 6.07) is 10.7. The molecule has 0 aliphatic carbocycles. The van der Waals surface area contributed by atoms with Crippen molar-refractivity contribution in [3.63, 3.8) is 0 Å². The van der Waals surface area contributed by atoms with Crippen LogP contribution in [0, 0.1) is 0 Å². The average Bonchev–Trinajstić information content (AvgIpc) is 3.22. The lowest BCUT2D eigenvalue weighted by molar-refractivity contribution is -0.124. The Morgan fingerprint density at radius 2 is 1.83 bits per heavy atom. The third-order valence-corrected chi connectivity index (χ3v) is 5.36. The van der Waals surface area contributed by atoms with E-state index in [1.807, 2.05) is 0 Å². The number of benzene rings is 2. The third kappa shape index (κ3) is 3.04. The standard InChI is InChI=1S/C21H19N3O6/c1-29-15-8-5-13-10-24(17(25)16(13)9-15)11-21(19(27)22-20(28)23-21)14-6-3-12(4-7-14)18(26)30-2/h3-9H,10-11H2,1-2H3,(H2,22,23,27,28). The van der Waals surface area contributed by atoms with Gasteiger partial charge < -0.3 is 19.7 Å². The molecule has 30 heavy (non-hydrogen) atoms. The fraction of sp³-hybridized carbons (Fsp3) is 0.238. The SMILES string of the molecule is COC(=O)c1ccc(C2(CN3Cc4ccc(OC)cc4C3=O)NC(=O)NC2=O)cc1. The Balaban J connectivity index is 1.68. The highest BCUT2D eigenvalue weighted by atomic mass is 16.5. The van der Waals surface area contributed by atoms with Crippen LogP contribution in [-0.2, 0) is 21.6 Å². The van der Waals surface area contributed by atoms with E-state index in [4.69, 9.17) is 9.47 Å². The molecule has 1 unspecified atom stereocenters. The van der Waals surface area contributed by atoms with Crippen LogP contribution in [0.1, 0.15) is 31.8 Å². The van der Waals surface area contributed by atoms with E-state index in [0.717, 1.165) is 5.56 Å². The number of hydrogen-bond acceptors (Lipinski definition) is 6.